The quantitative estimate of drug-likeness (QED) is 0.884. The van der Waals surface area contributed by atoms with Crippen LogP contribution in [0.1, 0.15) is 25.1 Å². The lowest BCUT2D eigenvalue weighted by molar-refractivity contribution is 0.614. The molecule has 1 aromatic heterocycles. The second-order valence-corrected chi connectivity index (χ2v) is 5.01. The molecule has 0 aliphatic rings. The Balaban J connectivity index is 2.41. The number of hydrogen-bond donors (Lipinski definition) is 1. The summed E-state index contributed by atoms with van der Waals surface area (Å²) in [5.41, 5.74) is 2.27. The fraction of sp³-hybridized carbons (Fsp3) is 0.250. The van der Waals surface area contributed by atoms with E-state index in [0.29, 0.717) is 0 Å². The number of aromatic amines is 1. The van der Waals surface area contributed by atoms with Crippen LogP contribution in [0.15, 0.2) is 41.0 Å². The first-order valence-corrected chi connectivity index (χ1v) is 5.66. The van der Waals surface area contributed by atoms with Crippen LogP contribution in [0.25, 0.3) is 0 Å². The average molecular weight is 265 g/mol. The van der Waals surface area contributed by atoms with E-state index in [9.17, 15) is 0 Å². The molecule has 0 fully saturated rings. The number of rotatable bonds is 2. The summed E-state index contributed by atoms with van der Waals surface area (Å²) in [4.78, 5) is 0. The van der Waals surface area contributed by atoms with E-state index in [1.807, 2.05) is 12.3 Å². The van der Waals surface area contributed by atoms with Gasteiger partial charge in [-0.05, 0) is 23.8 Å². The number of halogens is 1. The molecule has 15 heavy (non-hydrogen) atoms. The maximum atomic E-state index is 4.25. The minimum absolute atomic E-state index is 0.0549. The minimum Gasteiger partial charge on any atom is -0.285 e. The predicted octanol–water partition coefficient (Wildman–Crippen LogP) is 3.50. The van der Waals surface area contributed by atoms with Crippen molar-refractivity contribution in [2.24, 2.45) is 0 Å². The van der Waals surface area contributed by atoms with Crippen molar-refractivity contribution in [2.45, 2.75) is 19.3 Å². The third-order valence-electron chi connectivity index (χ3n) is 2.71. The van der Waals surface area contributed by atoms with Gasteiger partial charge in [0.25, 0.3) is 0 Å². The lowest BCUT2D eigenvalue weighted by Gasteiger charge is -2.22. The predicted molar refractivity (Wildman–Crippen MR) is 64.9 cm³/mol. The van der Waals surface area contributed by atoms with Crippen molar-refractivity contribution < 1.29 is 0 Å². The highest BCUT2D eigenvalue weighted by atomic mass is 79.9. The van der Waals surface area contributed by atoms with E-state index in [0.717, 1.165) is 10.2 Å². The summed E-state index contributed by atoms with van der Waals surface area (Å²) in [5, 5.41) is 7.11. The molecule has 2 aromatic rings. The Morgan fingerprint density at radius 1 is 1.13 bits per heavy atom. The van der Waals surface area contributed by atoms with Gasteiger partial charge in [0.15, 0.2) is 0 Å². The Kier molecular flexibility index (Phi) is 2.65. The van der Waals surface area contributed by atoms with Gasteiger partial charge in [-0.3, -0.25) is 5.10 Å². The van der Waals surface area contributed by atoms with Crippen LogP contribution in [-0.4, -0.2) is 10.2 Å². The van der Waals surface area contributed by atoms with Crippen LogP contribution in [0.3, 0.4) is 0 Å². The van der Waals surface area contributed by atoms with Gasteiger partial charge in [0.05, 0.1) is 5.69 Å². The van der Waals surface area contributed by atoms with E-state index in [1.54, 1.807) is 0 Å². The summed E-state index contributed by atoms with van der Waals surface area (Å²) in [6.45, 7) is 4.35. The fourth-order valence-corrected chi connectivity index (χ4v) is 1.89. The molecule has 0 radical (unpaired) electrons. The summed E-state index contributed by atoms with van der Waals surface area (Å²) in [7, 11) is 0. The Labute approximate surface area is 97.8 Å². The number of hydrogen-bond acceptors (Lipinski definition) is 1. The zero-order valence-corrected chi connectivity index (χ0v) is 10.4. The molecule has 3 heteroatoms. The molecular weight excluding hydrogens is 252 g/mol. The Morgan fingerprint density at radius 2 is 1.80 bits per heavy atom. The molecule has 2 nitrogen and oxygen atoms in total. The van der Waals surface area contributed by atoms with E-state index >= 15 is 0 Å². The summed E-state index contributed by atoms with van der Waals surface area (Å²) in [6.07, 6.45) is 1.86. The summed E-state index contributed by atoms with van der Waals surface area (Å²) in [6, 6.07) is 10.4. The molecule has 0 saturated carbocycles. The van der Waals surface area contributed by atoms with E-state index < -0.39 is 0 Å². The highest BCUT2D eigenvalue weighted by molar-refractivity contribution is 9.10. The van der Waals surface area contributed by atoms with E-state index in [1.165, 1.54) is 5.56 Å². The molecule has 0 aliphatic heterocycles. The first-order chi connectivity index (χ1) is 7.10. The van der Waals surface area contributed by atoms with Crippen molar-refractivity contribution in [3.8, 4) is 0 Å². The molecule has 0 atom stereocenters. The van der Waals surface area contributed by atoms with Crippen molar-refractivity contribution in [1.82, 2.24) is 10.2 Å². The zero-order chi connectivity index (χ0) is 10.9. The maximum Gasteiger partial charge on any atom is 0.0722 e. The number of nitrogens with zero attached hydrogens (tertiary/aromatic N) is 1. The second-order valence-electron chi connectivity index (χ2n) is 4.09. The van der Waals surface area contributed by atoms with Gasteiger partial charge < -0.3 is 0 Å². The monoisotopic (exact) mass is 264 g/mol. The first kappa shape index (κ1) is 10.4. The van der Waals surface area contributed by atoms with Crippen molar-refractivity contribution >= 4 is 15.9 Å². The van der Waals surface area contributed by atoms with Gasteiger partial charge in [-0.15, -0.1) is 0 Å². The van der Waals surface area contributed by atoms with Crippen LogP contribution in [0.4, 0.5) is 0 Å². The first-order valence-electron chi connectivity index (χ1n) is 4.87. The van der Waals surface area contributed by atoms with Crippen LogP contribution in [0.2, 0.25) is 0 Å². The molecule has 0 amide bonds. The van der Waals surface area contributed by atoms with Crippen LogP contribution in [0, 0.1) is 0 Å². The largest absolute Gasteiger partial charge is 0.285 e. The van der Waals surface area contributed by atoms with E-state index in [4.69, 9.17) is 0 Å². The van der Waals surface area contributed by atoms with Gasteiger partial charge in [0.2, 0.25) is 0 Å². The normalized spacial score (nSPS) is 11.7. The zero-order valence-electron chi connectivity index (χ0n) is 8.79. The molecule has 0 saturated heterocycles. The van der Waals surface area contributed by atoms with Crippen LogP contribution >= 0.6 is 15.9 Å². The Hall–Kier alpha value is -1.09. The average Bonchev–Trinajstić information content (AvgIpc) is 2.71. The minimum atomic E-state index is -0.0549. The molecule has 0 bridgehead atoms. The van der Waals surface area contributed by atoms with Gasteiger partial charge in [-0.2, -0.15) is 5.10 Å². The van der Waals surface area contributed by atoms with Crippen molar-refractivity contribution in [3.05, 3.63) is 52.3 Å². The van der Waals surface area contributed by atoms with Crippen LogP contribution in [-0.2, 0) is 5.41 Å². The third kappa shape index (κ3) is 1.97. The summed E-state index contributed by atoms with van der Waals surface area (Å²) >= 11 is 3.44. The maximum absolute atomic E-state index is 4.25. The van der Waals surface area contributed by atoms with Gasteiger partial charge in [0.1, 0.15) is 0 Å². The molecular formula is C12H13BrN2. The fourth-order valence-electron chi connectivity index (χ4n) is 1.62. The molecule has 2 rings (SSSR count). The molecule has 0 spiro atoms. The number of H-pyrrole nitrogens is 1. The van der Waals surface area contributed by atoms with Gasteiger partial charge in [0, 0.05) is 16.1 Å². The highest BCUT2D eigenvalue weighted by Crippen LogP contribution is 2.30. The number of benzene rings is 1. The van der Waals surface area contributed by atoms with Gasteiger partial charge in [-0.1, -0.05) is 41.9 Å². The molecule has 78 valence electrons. The topological polar surface area (TPSA) is 28.7 Å². The van der Waals surface area contributed by atoms with Gasteiger partial charge >= 0.3 is 0 Å². The van der Waals surface area contributed by atoms with Crippen molar-refractivity contribution in [3.63, 3.8) is 0 Å². The SMILES string of the molecule is CC(C)(c1ccc(Br)cc1)c1cc[nH]n1. The van der Waals surface area contributed by atoms with Crippen LogP contribution in [0.5, 0.6) is 0 Å². The van der Waals surface area contributed by atoms with Crippen molar-refractivity contribution in [1.29, 1.82) is 0 Å². The lowest BCUT2D eigenvalue weighted by Crippen LogP contribution is -2.19. The lowest BCUT2D eigenvalue weighted by atomic mass is 9.82. The Morgan fingerprint density at radius 3 is 2.33 bits per heavy atom. The smallest absolute Gasteiger partial charge is 0.0722 e. The van der Waals surface area contributed by atoms with Gasteiger partial charge in [-0.25, -0.2) is 0 Å². The van der Waals surface area contributed by atoms with Crippen LogP contribution < -0.4 is 0 Å². The standard InChI is InChI=1S/C12H13BrN2/c1-12(2,11-7-8-14-15-11)9-3-5-10(13)6-4-9/h3-8H,1-2H3,(H,14,15). The second kappa shape index (κ2) is 3.81. The summed E-state index contributed by atoms with van der Waals surface area (Å²) < 4.78 is 1.10. The van der Waals surface area contributed by atoms with E-state index in [2.05, 4.69) is 64.2 Å². The van der Waals surface area contributed by atoms with Crippen molar-refractivity contribution in [2.75, 3.05) is 0 Å². The summed E-state index contributed by atoms with van der Waals surface area (Å²) in [5.74, 6) is 0. The number of nitrogens with one attached hydrogen (secondary N) is 1. The molecule has 1 heterocycles. The third-order valence-corrected chi connectivity index (χ3v) is 3.24. The molecule has 1 N–H and O–H groups in total. The van der Waals surface area contributed by atoms with E-state index in [-0.39, 0.29) is 5.41 Å². The molecule has 0 unspecified atom stereocenters. The molecule has 0 aliphatic carbocycles. The number of aromatic nitrogens is 2. The Bertz CT molecular complexity index is 429. The highest BCUT2D eigenvalue weighted by Gasteiger charge is 2.24. The molecule has 1 aromatic carbocycles.